The molecular formula is C16H21FO. The lowest BCUT2D eigenvalue weighted by Gasteiger charge is -2.26. The molecule has 1 aromatic rings. The van der Waals surface area contributed by atoms with E-state index in [0.717, 1.165) is 30.4 Å². The van der Waals surface area contributed by atoms with E-state index in [0.29, 0.717) is 5.56 Å². The maximum atomic E-state index is 14.0. The third-order valence-corrected chi connectivity index (χ3v) is 4.25. The molecule has 0 bridgehead atoms. The van der Waals surface area contributed by atoms with Crippen LogP contribution < -0.4 is 0 Å². The summed E-state index contributed by atoms with van der Waals surface area (Å²) in [5.74, 6) is -0.402. The molecule has 0 amide bonds. The van der Waals surface area contributed by atoms with Gasteiger partial charge in [0, 0.05) is 5.92 Å². The van der Waals surface area contributed by atoms with Crippen molar-refractivity contribution < 1.29 is 9.18 Å². The Labute approximate surface area is 108 Å². The second-order valence-electron chi connectivity index (χ2n) is 6.24. The molecule has 1 aliphatic carbocycles. The van der Waals surface area contributed by atoms with Crippen molar-refractivity contribution >= 4 is 5.78 Å². The predicted molar refractivity (Wildman–Crippen MR) is 71.3 cm³/mol. The second-order valence-corrected chi connectivity index (χ2v) is 6.24. The van der Waals surface area contributed by atoms with E-state index < -0.39 is 0 Å². The van der Waals surface area contributed by atoms with Crippen LogP contribution in [0.2, 0.25) is 0 Å². The van der Waals surface area contributed by atoms with Crippen LogP contribution in [0.4, 0.5) is 4.39 Å². The molecule has 0 N–H and O–H groups in total. The average Bonchev–Trinajstić information content (AvgIpc) is 2.56. The van der Waals surface area contributed by atoms with Gasteiger partial charge in [0.05, 0.1) is 5.56 Å². The van der Waals surface area contributed by atoms with Crippen molar-refractivity contribution in [3.05, 3.63) is 34.6 Å². The second kappa shape index (κ2) is 4.49. The van der Waals surface area contributed by atoms with Gasteiger partial charge >= 0.3 is 0 Å². The van der Waals surface area contributed by atoms with Gasteiger partial charge in [-0.05, 0) is 49.3 Å². The number of carbonyl (C=O) groups excluding carboxylic acids is 1. The molecule has 2 heteroatoms. The first-order valence-electron chi connectivity index (χ1n) is 6.64. The highest BCUT2D eigenvalue weighted by Gasteiger charge is 2.40. The largest absolute Gasteiger partial charge is 0.294 e. The molecule has 0 heterocycles. The number of benzene rings is 1. The normalized spacial score (nSPS) is 22.2. The molecular weight excluding hydrogens is 227 g/mol. The summed E-state index contributed by atoms with van der Waals surface area (Å²) in [6.07, 6.45) is 3.00. The van der Waals surface area contributed by atoms with E-state index in [1.807, 2.05) is 19.9 Å². The molecule has 1 fully saturated rings. The molecule has 1 atom stereocenters. The summed E-state index contributed by atoms with van der Waals surface area (Å²) in [4.78, 5) is 12.6. The Balaban J connectivity index is 2.41. The SMILES string of the molecule is Cc1cc(C)c(C(=O)C2CCCC2(C)C)c(F)c1. The highest BCUT2D eigenvalue weighted by Crippen LogP contribution is 2.44. The van der Waals surface area contributed by atoms with Crippen LogP contribution in [0.3, 0.4) is 0 Å². The van der Waals surface area contributed by atoms with Crippen molar-refractivity contribution in [2.75, 3.05) is 0 Å². The van der Waals surface area contributed by atoms with Gasteiger partial charge < -0.3 is 0 Å². The lowest BCUT2D eigenvalue weighted by atomic mass is 9.77. The summed E-state index contributed by atoms with van der Waals surface area (Å²) in [5.41, 5.74) is 1.94. The van der Waals surface area contributed by atoms with Crippen LogP contribution in [0.25, 0.3) is 0 Å². The first-order valence-corrected chi connectivity index (χ1v) is 6.64. The van der Waals surface area contributed by atoms with Gasteiger partial charge in [0.2, 0.25) is 0 Å². The predicted octanol–water partition coefficient (Wildman–Crippen LogP) is 4.45. The molecule has 1 aromatic carbocycles. The van der Waals surface area contributed by atoms with E-state index in [-0.39, 0.29) is 22.9 Å². The molecule has 98 valence electrons. The minimum atomic E-state index is -0.361. The molecule has 0 radical (unpaired) electrons. The van der Waals surface area contributed by atoms with Crippen molar-refractivity contribution in [3.8, 4) is 0 Å². The molecule has 0 saturated heterocycles. The molecule has 1 aliphatic rings. The number of carbonyl (C=O) groups is 1. The smallest absolute Gasteiger partial charge is 0.169 e. The summed E-state index contributed by atoms with van der Waals surface area (Å²) in [6.45, 7) is 7.91. The van der Waals surface area contributed by atoms with E-state index in [1.165, 1.54) is 6.07 Å². The number of ketones is 1. The lowest BCUT2D eigenvalue weighted by molar-refractivity contribution is 0.0834. The quantitative estimate of drug-likeness (QED) is 0.707. The van der Waals surface area contributed by atoms with Crippen LogP contribution in [0, 0.1) is 31.0 Å². The van der Waals surface area contributed by atoms with E-state index in [9.17, 15) is 9.18 Å². The highest BCUT2D eigenvalue weighted by molar-refractivity contribution is 6.00. The molecule has 2 rings (SSSR count). The Morgan fingerprint density at radius 2 is 2.00 bits per heavy atom. The van der Waals surface area contributed by atoms with E-state index >= 15 is 0 Å². The highest BCUT2D eigenvalue weighted by atomic mass is 19.1. The third-order valence-electron chi connectivity index (χ3n) is 4.25. The minimum Gasteiger partial charge on any atom is -0.294 e. The van der Waals surface area contributed by atoms with Gasteiger partial charge in [-0.25, -0.2) is 4.39 Å². The Kier molecular flexibility index (Phi) is 3.31. The Morgan fingerprint density at radius 3 is 2.50 bits per heavy atom. The molecule has 1 unspecified atom stereocenters. The lowest BCUT2D eigenvalue weighted by Crippen LogP contribution is -2.27. The van der Waals surface area contributed by atoms with Crippen LogP contribution in [0.1, 0.15) is 54.6 Å². The topological polar surface area (TPSA) is 17.1 Å². The van der Waals surface area contributed by atoms with Crippen LogP contribution in [0.15, 0.2) is 12.1 Å². The van der Waals surface area contributed by atoms with Gasteiger partial charge in [-0.2, -0.15) is 0 Å². The van der Waals surface area contributed by atoms with Crippen molar-refractivity contribution in [2.24, 2.45) is 11.3 Å². The summed E-state index contributed by atoms with van der Waals surface area (Å²) in [7, 11) is 0. The molecule has 0 spiro atoms. The standard InChI is InChI=1S/C16H21FO/c1-10-8-11(2)14(13(17)9-10)15(18)12-6-5-7-16(12,3)4/h8-9,12H,5-7H2,1-4H3. The first-order chi connectivity index (χ1) is 8.33. The van der Waals surface area contributed by atoms with Crippen LogP contribution >= 0.6 is 0 Å². The molecule has 0 aromatic heterocycles. The fourth-order valence-corrected chi connectivity index (χ4v) is 3.21. The number of aryl methyl sites for hydroxylation is 2. The third kappa shape index (κ3) is 2.21. The van der Waals surface area contributed by atoms with Crippen molar-refractivity contribution in [1.29, 1.82) is 0 Å². The van der Waals surface area contributed by atoms with Crippen molar-refractivity contribution in [1.82, 2.24) is 0 Å². The number of hydrogen-bond acceptors (Lipinski definition) is 1. The zero-order valence-electron chi connectivity index (χ0n) is 11.6. The van der Waals surface area contributed by atoms with Gasteiger partial charge in [-0.1, -0.05) is 26.3 Å². The van der Waals surface area contributed by atoms with Gasteiger partial charge in [0.1, 0.15) is 5.82 Å². The minimum absolute atomic E-state index is 0.000843. The van der Waals surface area contributed by atoms with Crippen LogP contribution in [-0.2, 0) is 0 Å². The average molecular weight is 248 g/mol. The Hall–Kier alpha value is -1.18. The Morgan fingerprint density at radius 1 is 1.33 bits per heavy atom. The monoisotopic (exact) mass is 248 g/mol. The first kappa shape index (κ1) is 13.3. The van der Waals surface area contributed by atoms with Gasteiger partial charge in [0.15, 0.2) is 5.78 Å². The fraction of sp³-hybridized carbons (Fsp3) is 0.562. The van der Waals surface area contributed by atoms with Crippen molar-refractivity contribution in [3.63, 3.8) is 0 Å². The maximum absolute atomic E-state index is 14.0. The summed E-state index contributed by atoms with van der Waals surface area (Å²) >= 11 is 0. The van der Waals surface area contributed by atoms with Gasteiger partial charge in [-0.3, -0.25) is 4.79 Å². The van der Waals surface area contributed by atoms with Crippen LogP contribution in [-0.4, -0.2) is 5.78 Å². The van der Waals surface area contributed by atoms with Crippen molar-refractivity contribution in [2.45, 2.75) is 47.0 Å². The molecule has 1 saturated carbocycles. The molecule has 1 nitrogen and oxygen atoms in total. The summed E-state index contributed by atoms with van der Waals surface area (Å²) < 4.78 is 14.0. The van der Waals surface area contributed by atoms with E-state index in [2.05, 4.69) is 13.8 Å². The summed E-state index contributed by atoms with van der Waals surface area (Å²) in [5, 5.41) is 0. The summed E-state index contributed by atoms with van der Waals surface area (Å²) in [6, 6.07) is 3.35. The number of Topliss-reactive ketones (excluding diaryl/α,β-unsaturated/α-hetero) is 1. The molecule has 18 heavy (non-hydrogen) atoms. The zero-order chi connectivity index (χ0) is 13.5. The van der Waals surface area contributed by atoms with Gasteiger partial charge in [-0.15, -0.1) is 0 Å². The number of rotatable bonds is 2. The molecule has 0 aliphatic heterocycles. The van der Waals surface area contributed by atoms with E-state index in [4.69, 9.17) is 0 Å². The van der Waals surface area contributed by atoms with Crippen LogP contribution in [0.5, 0.6) is 0 Å². The fourth-order valence-electron chi connectivity index (χ4n) is 3.21. The maximum Gasteiger partial charge on any atom is 0.169 e. The number of hydrogen-bond donors (Lipinski definition) is 0. The number of halogens is 1. The van der Waals surface area contributed by atoms with E-state index in [1.54, 1.807) is 0 Å². The van der Waals surface area contributed by atoms with Gasteiger partial charge in [0.25, 0.3) is 0 Å². The zero-order valence-corrected chi connectivity index (χ0v) is 11.6. The Bertz CT molecular complexity index is 465.